The molecule has 10 heteroatoms. The van der Waals surface area contributed by atoms with E-state index in [0.717, 1.165) is 0 Å². The number of fused-ring (bicyclic) bond motifs is 1. The van der Waals surface area contributed by atoms with Gasteiger partial charge in [0.15, 0.2) is 11.4 Å². The molecule has 0 amide bonds. The number of nitrogens with two attached hydrogens (primary N) is 1. The Morgan fingerprint density at radius 2 is 2.04 bits per heavy atom. The summed E-state index contributed by atoms with van der Waals surface area (Å²) in [6.45, 7) is 0. The van der Waals surface area contributed by atoms with E-state index in [1.807, 2.05) is 0 Å². The topological polar surface area (TPSA) is 153 Å². The summed E-state index contributed by atoms with van der Waals surface area (Å²) in [5.41, 5.74) is 5.30. The number of methoxy groups -OCH3 is 2. The lowest BCUT2D eigenvalue weighted by Gasteiger charge is -2.09. The second-order valence-electron chi connectivity index (χ2n) is 5.62. The van der Waals surface area contributed by atoms with Crippen LogP contribution in [-0.4, -0.2) is 45.3 Å². The highest BCUT2D eigenvalue weighted by molar-refractivity contribution is 5.99. The van der Waals surface area contributed by atoms with Crippen molar-refractivity contribution in [2.24, 2.45) is 0 Å². The lowest BCUT2D eigenvalue weighted by molar-refractivity contribution is 0.0979. The Kier molecular flexibility index (Phi) is 4.88. The summed E-state index contributed by atoms with van der Waals surface area (Å²) in [5, 5.41) is 16.2. The van der Waals surface area contributed by atoms with Crippen LogP contribution < -0.4 is 20.6 Å². The molecule has 27 heavy (non-hydrogen) atoms. The van der Waals surface area contributed by atoms with Gasteiger partial charge >= 0.3 is 0 Å². The molecule has 0 bridgehead atoms. The van der Waals surface area contributed by atoms with Crippen molar-refractivity contribution in [2.45, 2.75) is 12.8 Å². The molecule has 140 valence electrons. The molecule has 0 fully saturated rings. The molecule has 0 saturated carbocycles. The first-order chi connectivity index (χ1) is 12.9. The van der Waals surface area contributed by atoms with Crippen molar-refractivity contribution < 1.29 is 19.4 Å². The van der Waals surface area contributed by atoms with E-state index in [1.54, 1.807) is 18.2 Å². The van der Waals surface area contributed by atoms with Gasteiger partial charge in [-0.2, -0.15) is 15.1 Å². The minimum atomic E-state index is -0.563. The van der Waals surface area contributed by atoms with Crippen molar-refractivity contribution in [3.8, 4) is 17.4 Å². The maximum Gasteiger partial charge on any atom is 0.229 e. The highest BCUT2D eigenvalue weighted by Crippen LogP contribution is 2.25. The third-order valence-corrected chi connectivity index (χ3v) is 3.99. The van der Waals surface area contributed by atoms with Gasteiger partial charge in [-0.1, -0.05) is 0 Å². The number of aromatic nitrogens is 4. The number of anilines is 1. The first kappa shape index (κ1) is 18.1. The van der Waals surface area contributed by atoms with Crippen LogP contribution in [-0.2, 0) is 6.42 Å². The van der Waals surface area contributed by atoms with Crippen molar-refractivity contribution in [2.75, 3.05) is 20.0 Å². The number of H-pyrrole nitrogens is 1. The second-order valence-corrected chi connectivity index (χ2v) is 5.62. The van der Waals surface area contributed by atoms with Gasteiger partial charge < -0.3 is 20.3 Å². The molecule has 0 atom stereocenters. The zero-order valence-corrected chi connectivity index (χ0v) is 14.6. The fourth-order valence-electron chi connectivity index (χ4n) is 2.64. The second kappa shape index (κ2) is 7.28. The van der Waals surface area contributed by atoms with Crippen molar-refractivity contribution in [3.63, 3.8) is 0 Å². The predicted molar refractivity (Wildman–Crippen MR) is 96.2 cm³/mol. The average Bonchev–Trinajstić information content (AvgIpc) is 2.66. The van der Waals surface area contributed by atoms with Crippen molar-refractivity contribution >= 4 is 22.8 Å². The van der Waals surface area contributed by atoms with Crippen molar-refractivity contribution in [3.05, 3.63) is 39.7 Å². The molecule has 1 aromatic carbocycles. The van der Waals surface area contributed by atoms with Crippen LogP contribution in [0.15, 0.2) is 23.0 Å². The van der Waals surface area contributed by atoms with Crippen LogP contribution in [0.5, 0.6) is 17.4 Å². The zero-order valence-electron chi connectivity index (χ0n) is 14.6. The molecule has 0 unspecified atom stereocenters. The molecule has 0 saturated heterocycles. The Morgan fingerprint density at radius 1 is 1.26 bits per heavy atom. The number of nitrogens with one attached hydrogen (secondary N) is 1. The molecule has 0 aliphatic rings. The SMILES string of the molecule is COc1ccc(OC)c(C(=O)CCc2n[nH]c3nc(N)nc(O)c3c2=O)c1. The van der Waals surface area contributed by atoms with Gasteiger partial charge in [0.2, 0.25) is 17.3 Å². The maximum atomic E-state index is 12.6. The number of nitrogens with zero attached hydrogens (tertiary/aromatic N) is 3. The highest BCUT2D eigenvalue weighted by Gasteiger charge is 2.17. The van der Waals surface area contributed by atoms with Crippen LogP contribution in [0.1, 0.15) is 22.5 Å². The first-order valence-corrected chi connectivity index (χ1v) is 7.93. The van der Waals surface area contributed by atoms with Crippen molar-refractivity contribution in [1.82, 2.24) is 20.2 Å². The van der Waals surface area contributed by atoms with Gasteiger partial charge in [0, 0.05) is 12.8 Å². The van der Waals surface area contributed by atoms with E-state index < -0.39 is 11.3 Å². The monoisotopic (exact) mass is 371 g/mol. The summed E-state index contributed by atoms with van der Waals surface area (Å²) in [5.74, 6) is -0.0540. The fraction of sp³-hybridized carbons (Fsp3) is 0.235. The van der Waals surface area contributed by atoms with E-state index in [9.17, 15) is 14.7 Å². The lowest BCUT2D eigenvalue weighted by Crippen LogP contribution is -2.17. The molecule has 10 nitrogen and oxygen atoms in total. The molecular weight excluding hydrogens is 354 g/mol. The maximum absolute atomic E-state index is 12.6. The number of carbonyl (C=O) groups excluding carboxylic acids is 1. The molecule has 4 N–H and O–H groups in total. The number of rotatable bonds is 6. The van der Waals surface area contributed by atoms with Gasteiger partial charge in [-0.3, -0.25) is 14.7 Å². The summed E-state index contributed by atoms with van der Waals surface area (Å²) in [4.78, 5) is 32.5. The van der Waals surface area contributed by atoms with E-state index in [1.165, 1.54) is 14.2 Å². The largest absolute Gasteiger partial charge is 0.497 e. The Hall–Kier alpha value is -3.69. The lowest BCUT2D eigenvalue weighted by atomic mass is 10.0. The van der Waals surface area contributed by atoms with Crippen LogP contribution in [0.2, 0.25) is 0 Å². The number of nitrogen functional groups attached to an aromatic ring is 1. The minimum Gasteiger partial charge on any atom is -0.497 e. The minimum absolute atomic E-state index is 0.00169. The molecule has 0 spiro atoms. The molecule has 3 rings (SSSR count). The van der Waals surface area contributed by atoms with Crippen LogP contribution in [0.25, 0.3) is 11.0 Å². The molecule has 0 aliphatic carbocycles. The van der Waals surface area contributed by atoms with Crippen molar-refractivity contribution in [1.29, 1.82) is 0 Å². The number of benzene rings is 1. The van der Waals surface area contributed by atoms with Crippen LogP contribution in [0.3, 0.4) is 0 Å². The van der Waals surface area contributed by atoms with Gasteiger partial charge in [0.05, 0.1) is 19.8 Å². The smallest absolute Gasteiger partial charge is 0.229 e. The summed E-state index contributed by atoms with van der Waals surface area (Å²) in [6.07, 6.45) is 0.0516. The van der Waals surface area contributed by atoms with E-state index in [-0.39, 0.29) is 41.3 Å². The number of hydrogen-bond donors (Lipinski definition) is 3. The average molecular weight is 371 g/mol. The highest BCUT2D eigenvalue weighted by atomic mass is 16.5. The zero-order chi connectivity index (χ0) is 19.6. The molecular formula is C17H17N5O5. The van der Waals surface area contributed by atoms with E-state index in [4.69, 9.17) is 15.2 Å². The number of aromatic hydroxyl groups is 1. The van der Waals surface area contributed by atoms with Gasteiger partial charge in [-0.25, -0.2) is 0 Å². The Bertz CT molecular complexity index is 1080. The number of aromatic amines is 1. The third kappa shape index (κ3) is 3.50. The summed E-state index contributed by atoms with van der Waals surface area (Å²) < 4.78 is 10.3. The quantitative estimate of drug-likeness (QED) is 0.535. The van der Waals surface area contributed by atoms with Gasteiger partial charge in [0.25, 0.3) is 0 Å². The number of carbonyl (C=O) groups is 1. The predicted octanol–water partition coefficient (Wildman–Crippen LogP) is 0.834. The summed E-state index contributed by atoms with van der Waals surface area (Å²) in [6, 6.07) is 4.88. The Labute approximate surface area is 153 Å². The number of ether oxygens (including phenoxy) is 2. The third-order valence-electron chi connectivity index (χ3n) is 3.99. The molecule has 0 aliphatic heterocycles. The number of aryl methyl sites for hydroxylation is 1. The van der Waals surface area contributed by atoms with E-state index >= 15 is 0 Å². The molecule has 0 radical (unpaired) electrons. The molecule has 2 aromatic heterocycles. The first-order valence-electron chi connectivity index (χ1n) is 7.93. The normalized spacial score (nSPS) is 10.7. The summed E-state index contributed by atoms with van der Waals surface area (Å²) in [7, 11) is 2.96. The van der Waals surface area contributed by atoms with E-state index in [0.29, 0.717) is 17.1 Å². The number of ketones is 1. The summed E-state index contributed by atoms with van der Waals surface area (Å²) >= 11 is 0. The molecule has 2 heterocycles. The van der Waals surface area contributed by atoms with E-state index in [2.05, 4.69) is 20.2 Å². The number of Topliss-reactive ketones (excluding diaryl/α,β-unsaturated/α-hetero) is 1. The Balaban J connectivity index is 1.88. The number of hydrogen-bond acceptors (Lipinski definition) is 9. The Morgan fingerprint density at radius 3 is 2.74 bits per heavy atom. The fourth-order valence-corrected chi connectivity index (χ4v) is 2.64. The van der Waals surface area contributed by atoms with Gasteiger partial charge in [0.1, 0.15) is 22.6 Å². The van der Waals surface area contributed by atoms with Gasteiger partial charge in [-0.05, 0) is 18.2 Å². The standard InChI is InChI=1S/C17H17N5O5/c1-26-8-3-6-12(27-2)9(7-8)11(23)5-4-10-14(24)13-15(22-21-10)19-17(18)20-16(13)25/h3,6-7H,4-5H2,1-2H3,(H4,18,19,20,22,24,25). The van der Waals surface area contributed by atoms with Gasteiger partial charge in [-0.15, -0.1) is 0 Å². The van der Waals surface area contributed by atoms with Crippen LogP contribution >= 0.6 is 0 Å². The van der Waals surface area contributed by atoms with Crippen LogP contribution in [0, 0.1) is 0 Å². The molecule has 3 aromatic rings. The van der Waals surface area contributed by atoms with Crippen LogP contribution in [0.4, 0.5) is 5.95 Å².